The van der Waals surface area contributed by atoms with E-state index in [2.05, 4.69) is 9.80 Å². The Balaban J connectivity index is 1.47. The Kier molecular flexibility index (Phi) is 5.53. The van der Waals surface area contributed by atoms with Crippen molar-refractivity contribution in [2.75, 3.05) is 55.7 Å². The van der Waals surface area contributed by atoms with Gasteiger partial charge in [0.2, 0.25) is 5.95 Å². The number of rotatable bonds is 3. The zero-order chi connectivity index (χ0) is 20.3. The van der Waals surface area contributed by atoms with Crippen LogP contribution in [-0.4, -0.2) is 66.7 Å². The molecule has 3 aliphatic rings. The maximum Gasteiger partial charge on any atom is 0.254 e. The van der Waals surface area contributed by atoms with Crippen molar-refractivity contribution in [1.29, 1.82) is 0 Å². The molecule has 7 nitrogen and oxygen atoms in total. The van der Waals surface area contributed by atoms with Gasteiger partial charge in [-0.2, -0.15) is 4.98 Å². The molecule has 1 aromatic heterocycles. The van der Waals surface area contributed by atoms with E-state index >= 15 is 0 Å². The first-order valence-electron chi connectivity index (χ1n) is 11.1. The zero-order valence-electron chi connectivity index (χ0n) is 17.4. The Labute approximate surface area is 177 Å². The molecule has 3 aliphatic heterocycles. The number of nitrogens with zero attached hydrogens (tertiary/aromatic N) is 5. The number of carbonyl (C=O) groups excluding carboxylic acids is 1. The molecule has 0 atom stereocenters. The van der Waals surface area contributed by atoms with E-state index in [4.69, 9.17) is 14.7 Å². The normalized spacial score (nSPS) is 19.5. The molecule has 30 heavy (non-hydrogen) atoms. The summed E-state index contributed by atoms with van der Waals surface area (Å²) in [7, 11) is 0. The van der Waals surface area contributed by atoms with Crippen LogP contribution in [0.3, 0.4) is 0 Å². The van der Waals surface area contributed by atoms with Crippen molar-refractivity contribution < 1.29 is 9.53 Å². The van der Waals surface area contributed by atoms with E-state index in [1.807, 2.05) is 35.2 Å². The van der Waals surface area contributed by atoms with E-state index in [0.717, 1.165) is 74.4 Å². The molecule has 0 N–H and O–H groups in total. The van der Waals surface area contributed by atoms with Gasteiger partial charge in [-0.15, -0.1) is 0 Å². The van der Waals surface area contributed by atoms with Crippen molar-refractivity contribution in [3.8, 4) is 0 Å². The number of ether oxygens (including phenoxy) is 1. The SMILES string of the molecule is O=C(c1ccccc1)N1CCc2nc(N3CCOCC3)nc(N3CCCCC3)c2C1. The summed E-state index contributed by atoms with van der Waals surface area (Å²) in [5.41, 5.74) is 2.97. The van der Waals surface area contributed by atoms with Gasteiger partial charge in [0.25, 0.3) is 5.91 Å². The fourth-order valence-corrected chi connectivity index (χ4v) is 4.59. The molecule has 2 saturated heterocycles. The molecule has 0 bridgehead atoms. The van der Waals surface area contributed by atoms with Gasteiger partial charge in [-0.05, 0) is 31.4 Å². The second kappa shape index (κ2) is 8.60. The van der Waals surface area contributed by atoms with Crippen LogP contribution in [0.4, 0.5) is 11.8 Å². The first kappa shape index (κ1) is 19.3. The minimum absolute atomic E-state index is 0.0862. The molecular formula is C23H29N5O2. The van der Waals surface area contributed by atoms with Crippen molar-refractivity contribution in [2.24, 2.45) is 0 Å². The first-order valence-corrected chi connectivity index (χ1v) is 11.1. The van der Waals surface area contributed by atoms with Crippen molar-refractivity contribution in [2.45, 2.75) is 32.2 Å². The van der Waals surface area contributed by atoms with Crippen LogP contribution < -0.4 is 9.80 Å². The van der Waals surface area contributed by atoms with Crippen LogP contribution in [-0.2, 0) is 17.7 Å². The Morgan fingerprint density at radius 1 is 0.867 bits per heavy atom. The predicted octanol–water partition coefficient (Wildman–Crippen LogP) is 2.50. The molecule has 4 heterocycles. The maximum absolute atomic E-state index is 13.1. The molecule has 0 aliphatic carbocycles. The van der Waals surface area contributed by atoms with Crippen LogP contribution in [0.5, 0.6) is 0 Å². The fraction of sp³-hybridized carbons (Fsp3) is 0.522. The highest BCUT2D eigenvalue weighted by molar-refractivity contribution is 5.94. The molecular weight excluding hydrogens is 378 g/mol. The number of anilines is 2. The van der Waals surface area contributed by atoms with Gasteiger partial charge in [0.1, 0.15) is 5.82 Å². The number of hydrogen-bond acceptors (Lipinski definition) is 6. The average Bonchev–Trinajstić information content (AvgIpc) is 2.84. The Morgan fingerprint density at radius 2 is 1.63 bits per heavy atom. The van der Waals surface area contributed by atoms with Gasteiger partial charge in [-0.25, -0.2) is 4.98 Å². The van der Waals surface area contributed by atoms with Crippen LogP contribution in [0.1, 0.15) is 40.9 Å². The van der Waals surface area contributed by atoms with Crippen LogP contribution in [0.15, 0.2) is 30.3 Å². The molecule has 158 valence electrons. The minimum Gasteiger partial charge on any atom is -0.378 e. The lowest BCUT2D eigenvalue weighted by Gasteiger charge is -2.36. The summed E-state index contributed by atoms with van der Waals surface area (Å²) in [4.78, 5) is 29.7. The first-order chi connectivity index (χ1) is 14.8. The van der Waals surface area contributed by atoms with Gasteiger partial charge >= 0.3 is 0 Å². The zero-order valence-corrected chi connectivity index (χ0v) is 17.4. The van der Waals surface area contributed by atoms with Crippen molar-refractivity contribution in [3.63, 3.8) is 0 Å². The monoisotopic (exact) mass is 407 g/mol. The molecule has 2 fully saturated rings. The molecule has 1 amide bonds. The van der Waals surface area contributed by atoms with Gasteiger partial charge in [0, 0.05) is 50.3 Å². The standard InChI is InChI=1S/C23H29N5O2/c29-22(18-7-3-1-4-8-18)28-12-9-20-19(17-28)21(26-10-5-2-6-11-26)25-23(24-20)27-13-15-30-16-14-27/h1,3-4,7-8H,2,5-6,9-17H2. The largest absolute Gasteiger partial charge is 0.378 e. The topological polar surface area (TPSA) is 61.8 Å². The molecule has 2 aromatic rings. The Hall–Kier alpha value is -2.67. The molecule has 5 rings (SSSR count). The Morgan fingerprint density at radius 3 is 2.40 bits per heavy atom. The maximum atomic E-state index is 13.1. The summed E-state index contributed by atoms with van der Waals surface area (Å²) in [6, 6.07) is 9.56. The lowest BCUT2D eigenvalue weighted by molar-refractivity contribution is 0.0733. The minimum atomic E-state index is 0.0862. The van der Waals surface area contributed by atoms with E-state index in [0.29, 0.717) is 13.1 Å². The number of carbonyl (C=O) groups is 1. The fourth-order valence-electron chi connectivity index (χ4n) is 4.59. The van der Waals surface area contributed by atoms with Crippen molar-refractivity contribution >= 4 is 17.7 Å². The van der Waals surface area contributed by atoms with Gasteiger partial charge < -0.3 is 19.4 Å². The molecule has 1 aromatic carbocycles. The molecule has 0 saturated carbocycles. The number of piperidine rings is 1. The van der Waals surface area contributed by atoms with Crippen LogP contribution in [0, 0.1) is 0 Å². The van der Waals surface area contributed by atoms with Crippen LogP contribution in [0.2, 0.25) is 0 Å². The van der Waals surface area contributed by atoms with E-state index in [1.165, 1.54) is 19.3 Å². The van der Waals surface area contributed by atoms with E-state index in [-0.39, 0.29) is 5.91 Å². The van der Waals surface area contributed by atoms with E-state index in [9.17, 15) is 4.79 Å². The lowest BCUT2D eigenvalue weighted by Crippen LogP contribution is -2.41. The highest BCUT2D eigenvalue weighted by Crippen LogP contribution is 2.31. The van der Waals surface area contributed by atoms with E-state index < -0.39 is 0 Å². The quantitative estimate of drug-likeness (QED) is 0.779. The summed E-state index contributed by atoms with van der Waals surface area (Å²) in [5.74, 6) is 1.94. The van der Waals surface area contributed by atoms with Gasteiger partial charge in [-0.1, -0.05) is 18.2 Å². The number of hydrogen-bond donors (Lipinski definition) is 0. The lowest BCUT2D eigenvalue weighted by atomic mass is 10.0. The Bertz CT molecular complexity index is 892. The smallest absolute Gasteiger partial charge is 0.254 e. The predicted molar refractivity (Wildman–Crippen MR) is 116 cm³/mol. The third-order valence-corrected chi connectivity index (χ3v) is 6.28. The third kappa shape index (κ3) is 3.86. The highest BCUT2D eigenvalue weighted by atomic mass is 16.5. The third-order valence-electron chi connectivity index (χ3n) is 6.28. The summed E-state index contributed by atoms with van der Waals surface area (Å²) in [6.07, 6.45) is 4.43. The summed E-state index contributed by atoms with van der Waals surface area (Å²) < 4.78 is 5.51. The summed E-state index contributed by atoms with van der Waals surface area (Å²) in [5, 5.41) is 0. The number of amides is 1. The second-order valence-corrected chi connectivity index (χ2v) is 8.26. The number of benzene rings is 1. The van der Waals surface area contributed by atoms with Gasteiger partial charge in [0.15, 0.2) is 0 Å². The van der Waals surface area contributed by atoms with Crippen molar-refractivity contribution in [3.05, 3.63) is 47.2 Å². The number of aromatic nitrogens is 2. The molecule has 7 heteroatoms. The molecule has 0 radical (unpaired) electrons. The van der Waals surface area contributed by atoms with Crippen molar-refractivity contribution in [1.82, 2.24) is 14.9 Å². The van der Waals surface area contributed by atoms with Crippen LogP contribution in [0.25, 0.3) is 0 Å². The number of morpholine rings is 1. The highest BCUT2D eigenvalue weighted by Gasteiger charge is 2.29. The van der Waals surface area contributed by atoms with Gasteiger partial charge in [-0.3, -0.25) is 4.79 Å². The number of fused-ring (bicyclic) bond motifs is 1. The summed E-state index contributed by atoms with van der Waals surface area (Å²) >= 11 is 0. The van der Waals surface area contributed by atoms with Crippen LogP contribution >= 0.6 is 0 Å². The average molecular weight is 408 g/mol. The second-order valence-electron chi connectivity index (χ2n) is 8.26. The molecule has 0 spiro atoms. The van der Waals surface area contributed by atoms with Gasteiger partial charge in [0.05, 0.1) is 25.5 Å². The van der Waals surface area contributed by atoms with E-state index in [1.54, 1.807) is 0 Å². The molecule has 0 unspecified atom stereocenters. The summed E-state index contributed by atoms with van der Waals surface area (Å²) in [6.45, 7) is 6.43.